The highest BCUT2D eigenvalue weighted by Gasteiger charge is 2.13. The number of halogens is 1. The number of para-hydroxylation sites is 1. The molecule has 2 N–H and O–H groups in total. The summed E-state index contributed by atoms with van der Waals surface area (Å²) in [7, 11) is 0. The smallest absolute Gasteiger partial charge is 0.271 e. The molecule has 0 unspecified atom stereocenters. The van der Waals surface area contributed by atoms with Crippen LogP contribution in [0.1, 0.15) is 11.1 Å². The van der Waals surface area contributed by atoms with E-state index in [4.69, 9.17) is 27.9 Å². The average Bonchev–Trinajstić information content (AvgIpc) is 2.74. The molecule has 0 saturated heterocycles. The van der Waals surface area contributed by atoms with Crippen molar-refractivity contribution in [2.45, 2.75) is 0 Å². The van der Waals surface area contributed by atoms with Gasteiger partial charge >= 0.3 is 0 Å². The molecule has 0 saturated carbocycles. The molecular weight excluding hydrogens is 410 g/mol. The quantitative estimate of drug-likeness (QED) is 0.359. The van der Waals surface area contributed by atoms with E-state index in [1.807, 2.05) is 6.07 Å². The van der Waals surface area contributed by atoms with Crippen LogP contribution in [0.25, 0.3) is 11.1 Å². The van der Waals surface area contributed by atoms with E-state index in [0.717, 1.165) is 6.07 Å². The standard InChI is InChI=1S/C13H9N3O2.C7H3ClN2O2/c14-8-9-5-6-10(16(17)18)7-12(9)11-3-1-2-4-13(11)15;8-7-3-6(10(11)12)2-1-5(7)4-9/h1-7H,15H2;1-3H. The highest BCUT2D eigenvalue weighted by Crippen LogP contribution is 2.31. The van der Waals surface area contributed by atoms with E-state index in [1.54, 1.807) is 30.3 Å². The molecule has 0 amide bonds. The molecule has 30 heavy (non-hydrogen) atoms. The zero-order valence-electron chi connectivity index (χ0n) is 15.2. The maximum atomic E-state index is 10.8. The zero-order valence-corrected chi connectivity index (χ0v) is 15.9. The topological polar surface area (TPSA) is 160 Å². The largest absolute Gasteiger partial charge is 0.398 e. The Balaban J connectivity index is 0.000000232. The lowest BCUT2D eigenvalue weighted by atomic mass is 9.98. The van der Waals surface area contributed by atoms with Crippen LogP contribution in [-0.2, 0) is 0 Å². The number of anilines is 1. The highest BCUT2D eigenvalue weighted by atomic mass is 35.5. The molecule has 3 aromatic rings. The summed E-state index contributed by atoms with van der Waals surface area (Å²) in [6, 6.07) is 18.6. The van der Waals surface area contributed by atoms with Crippen LogP contribution in [-0.4, -0.2) is 9.85 Å². The van der Waals surface area contributed by atoms with E-state index in [0.29, 0.717) is 22.4 Å². The molecule has 0 heterocycles. The fraction of sp³-hybridized carbons (Fsp3) is 0. The summed E-state index contributed by atoms with van der Waals surface area (Å²) in [5, 5.41) is 38.6. The number of rotatable bonds is 3. The maximum absolute atomic E-state index is 10.8. The second-order valence-corrected chi connectivity index (χ2v) is 6.13. The second-order valence-electron chi connectivity index (χ2n) is 5.72. The van der Waals surface area contributed by atoms with Crippen molar-refractivity contribution in [1.29, 1.82) is 10.5 Å². The Kier molecular flexibility index (Phi) is 7.02. The van der Waals surface area contributed by atoms with Gasteiger partial charge in [-0.15, -0.1) is 0 Å². The van der Waals surface area contributed by atoms with Gasteiger partial charge in [0.05, 0.1) is 32.1 Å². The average molecular weight is 422 g/mol. The Bertz CT molecular complexity index is 1210. The third kappa shape index (κ3) is 5.07. The molecule has 0 aliphatic heterocycles. The molecule has 9 nitrogen and oxygen atoms in total. The number of nitro groups is 2. The Labute approximate surface area is 175 Å². The number of nitriles is 2. The predicted molar refractivity (Wildman–Crippen MR) is 110 cm³/mol. The van der Waals surface area contributed by atoms with Gasteiger partial charge in [-0.05, 0) is 18.2 Å². The molecule has 0 bridgehead atoms. The van der Waals surface area contributed by atoms with E-state index in [2.05, 4.69) is 0 Å². The van der Waals surface area contributed by atoms with Crippen molar-refractivity contribution in [3.8, 4) is 23.3 Å². The molecule has 3 rings (SSSR count). The summed E-state index contributed by atoms with van der Waals surface area (Å²) in [4.78, 5) is 19.9. The Hall–Kier alpha value is -4.47. The van der Waals surface area contributed by atoms with E-state index in [-0.39, 0.29) is 22.0 Å². The van der Waals surface area contributed by atoms with Crippen LogP contribution in [0.4, 0.5) is 17.1 Å². The van der Waals surface area contributed by atoms with Crippen LogP contribution >= 0.6 is 11.6 Å². The molecule has 0 radical (unpaired) electrons. The van der Waals surface area contributed by atoms with Crippen molar-refractivity contribution >= 4 is 28.7 Å². The van der Waals surface area contributed by atoms with E-state index >= 15 is 0 Å². The lowest BCUT2D eigenvalue weighted by Gasteiger charge is -2.07. The fourth-order valence-electron chi connectivity index (χ4n) is 2.42. The molecular formula is C20H12ClN5O4. The number of hydrogen-bond acceptors (Lipinski definition) is 7. The summed E-state index contributed by atoms with van der Waals surface area (Å²) in [6.45, 7) is 0. The summed E-state index contributed by atoms with van der Waals surface area (Å²) in [6.07, 6.45) is 0. The van der Waals surface area contributed by atoms with Crippen LogP contribution in [0.5, 0.6) is 0 Å². The van der Waals surface area contributed by atoms with Crippen molar-refractivity contribution < 1.29 is 9.85 Å². The first-order chi connectivity index (χ1) is 14.3. The van der Waals surface area contributed by atoms with Crippen LogP contribution in [0.3, 0.4) is 0 Å². The molecule has 0 aliphatic rings. The van der Waals surface area contributed by atoms with Gasteiger partial charge in [-0.25, -0.2) is 0 Å². The van der Waals surface area contributed by atoms with E-state index < -0.39 is 9.85 Å². The van der Waals surface area contributed by atoms with Gasteiger partial charge in [0.2, 0.25) is 0 Å². The third-order valence-corrected chi connectivity index (χ3v) is 4.18. The van der Waals surface area contributed by atoms with Gasteiger partial charge in [-0.3, -0.25) is 20.2 Å². The van der Waals surface area contributed by atoms with Crippen LogP contribution in [0.2, 0.25) is 5.02 Å². The van der Waals surface area contributed by atoms with Crippen molar-refractivity contribution in [2.75, 3.05) is 5.73 Å². The maximum Gasteiger partial charge on any atom is 0.271 e. The number of nitrogens with zero attached hydrogens (tertiary/aromatic N) is 4. The van der Waals surface area contributed by atoms with Gasteiger partial charge in [-0.1, -0.05) is 29.8 Å². The molecule has 0 aliphatic carbocycles. The Morgan fingerprint density at radius 2 is 1.33 bits per heavy atom. The molecule has 3 aromatic carbocycles. The molecule has 148 valence electrons. The normalized spacial score (nSPS) is 9.43. The van der Waals surface area contributed by atoms with Crippen molar-refractivity contribution in [3.63, 3.8) is 0 Å². The first kappa shape index (κ1) is 21.8. The van der Waals surface area contributed by atoms with Gasteiger partial charge in [0.15, 0.2) is 0 Å². The lowest BCUT2D eigenvalue weighted by Crippen LogP contribution is -1.94. The Morgan fingerprint density at radius 1 is 0.800 bits per heavy atom. The predicted octanol–water partition coefficient (Wildman–Crippen LogP) is 4.84. The van der Waals surface area contributed by atoms with Crippen LogP contribution in [0, 0.1) is 42.9 Å². The first-order valence-corrected chi connectivity index (χ1v) is 8.53. The Morgan fingerprint density at radius 3 is 1.83 bits per heavy atom. The number of non-ortho nitro benzene ring substituents is 2. The summed E-state index contributed by atoms with van der Waals surface area (Å²) in [5.74, 6) is 0. The van der Waals surface area contributed by atoms with Crippen molar-refractivity contribution in [1.82, 2.24) is 0 Å². The number of hydrogen-bond donors (Lipinski definition) is 1. The minimum atomic E-state index is -0.562. The number of nitrogens with two attached hydrogens (primary N) is 1. The van der Waals surface area contributed by atoms with Gasteiger partial charge in [0.25, 0.3) is 11.4 Å². The monoisotopic (exact) mass is 421 g/mol. The second kappa shape index (κ2) is 9.64. The summed E-state index contributed by atoms with van der Waals surface area (Å²) >= 11 is 5.55. The molecule has 0 aromatic heterocycles. The molecule has 10 heteroatoms. The van der Waals surface area contributed by atoms with Crippen molar-refractivity contribution in [2.24, 2.45) is 0 Å². The zero-order chi connectivity index (χ0) is 22.3. The summed E-state index contributed by atoms with van der Waals surface area (Å²) < 4.78 is 0. The first-order valence-electron chi connectivity index (χ1n) is 8.16. The van der Waals surface area contributed by atoms with Crippen LogP contribution in [0.15, 0.2) is 60.7 Å². The molecule has 0 fully saturated rings. The highest BCUT2D eigenvalue weighted by molar-refractivity contribution is 6.31. The van der Waals surface area contributed by atoms with E-state index in [1.165, 1.54) is 30.3 Å². The fourth-order valence-corrected chi connectivity index (χ4v) is 2.63. The van der Waals surface area contributed by atoms with Gasteiger partial charge in [0.1, 0.15) is 6.07 Å². The number of benzene rings is 3. The van der Waals surface area contributed by atoms with Crippen molar-refractivity contribution in [3.05, 3.63) is 97.0 Å². The van der Waals surface area contributed by atoms with Gasteiger partial charge in [-0.2, -0.15) is 10.5 Å². The van der Waals surface area contributed by atoms with Crippen LogP contribution < -0.4 is 5.73 Å². The van der Waals surface area contributed by atoms with Gasteiger partial charge in [0, 0.05) is 41.1 Å². The molecule has 0 spiro atoms. The van der Waals surface area contributed by atoms with Gasteiger partial charge < -0.3 is 5.73 Å². The minimum absolute atomic E-state index is 0.0627. The number of nitro benzene ring substituents is 2. The minimum Gasteiger partial charge on any atom is -0.398 e. The number of nitrogen functional groups attached to an aromatic ring is 1. The third-order valence-electron chi connectivity index (χ3n) is 3.87. The molecule has 0 atom stereocenters. The summed E-state index contributed by atoms with van der Waals surface area (Å²) in [5.41, 5.74) is 7.83. The van der Waals surface area contributed by atoms with E-state index in [9.17, 15) is 20.2 Å². The lowest BCUT2D eigenvalue weighted by molar-refractivity contribution is -0.385. The SMILES string of the molecule is N#Cc1ccc([N+](=O)[O-])cc1-c1ccccc1N.N#Cc1ccc([N+](=O)[O-])cc1Cl.